The van der Waals surface area contributed by atoms with Crippen molar-refractivity contribution in [2.45, 2.75) is 51.0 Å². The van der Waals surface area contributed by atoms with Crippen LogP contribution >= 0.6 is 0 Å². The van der Waals surface area contributed by atoms with Crippen LogP contribution in [-0.2, 0) is 4.74 Å². The van der Waals surface area contributed by atoms with Gasteiger partial charge in [-0.15, -0.1) is 0 Å². The quantitative estimate of drug-likeness (QED) is 0.555. The van der Waals surface area contributed by atoms with Crippen LogP contribution in [-0.4, -0.2) is 59.1 Å². The van der Waals surface area contributed by atoms with E-state index in [2.05, 4.69) is 26.3 Å². The van der Waals surface area contributed by atoms with E-state index in [1.807, 2.05) is 0 Å². The van der Waals surface area contributed by atoms with Crippen molar-refractivity contribution in [3.05, 3.63) is 30.5 Å². The first-order valence-electron chi connectivity index (χ1n) is 11.7. The Morgan fingerprint density at radius 3 is 2.71 bits per heavy atom. The second-order valence-corrected chi connectivity index (χ2v) is 8.64. The number of halogens is 1. The second-order valence-electron chi connectivity index (χ2n) is 8.64. The van der Waals surface area contributed by atoms with Crippen LogP contribution in [0.1, 0.15) is 44.9 Å². The highest BCUT2D eigenvalue weighted by Crippen LogP contribution is 2.30. The lowest BCUT2D eigenvalue weighted by atomic mass is 9.83. The number of nitrogens with two attached hydrogens (primary N) is 1. The summed E-state index contributed by atoms with van der Waals surface area (Å²) in [4.78, 5) is 11.9. The molecular formula is C24H33FN6O3. The number of anilines is 1. The van der Waals surface area contributed by atoms with Crippen molar-refractivity contribution in [1.82, 2.24) is 20.3 Å². The minimum absolute atomic E-state index is 0.185. The van der Waals surface area contributed by atoms with Gasteiger partial charge in [-0.05, 0) is 31.7 Å². The molecule has 9 nitrogen and oxygen atoms in total. The van der Waals surface area contributed by atoms with Gasteiger partial charge >= 0.3 is 0 Å². The fraction of sp³-hybridized carbons (Fsp3) is 0.583. The van der Waals surface area contributed by atoms with Crippen LogP contribution in [0.3, 0.4) is 0 Å². The molecule has 184 valence electrons. The van der Waals surface area contributed by atoms with Crippen LogP contribution in [0.4, 0.5) is 10.2 Å². The molecule has 0 unspecified atom stereocenters. The number of nitrogen functional groups attached to an aromatic ring is 1. The van der Waals surface area contributed by atoms with E-state index >= 15 is 0 Å². The van der Waals surface area contributed by atoms with Gasteiger partial charge in [0.2, 0.25) is 5.88 Å². The first-order valence-corrected chi connectivity index (χ1v) is 11.7. The number of hydrogen-bond donors (Lipinski definition) is 3. The lowest BCUT2D eigenvalue weighted by Crippen LogP contribution is -2.34. The maximum absolute atomic E-state index is 13.9. The van der Waals surface area contributed by atoms with Gasteiger partial charge in [-0.25, -0.2) is 14.4 Å². The van der Waals surface area contributed by atoms with Crippen molar-refractivity contribution >= 4 is 5.82 Å². The van der Waals surface area contributed by atoms with Crippen molar-refractivity contribution in [3.8, 4) is 23.2 Å². The molecule has 0 aromatic carbocycles. The first-order chi connectivity index (χ1) is 16.5. The molecule has 1 aliphatic heterocycles. The summed E-state index contributed by atoms with van der Waals surface area (Å²) in [6.45, 7) is 2.29. The zero-order valence-corrected chi connectivity index (χ0v) is 19.4. The molecule has 0 atom stereocenters. The molecule has 1 saturated carbocycles. The Balaban J connectivity index is 0.000000271. The minimum atomic E-state index is -0.595. The van der Waals surface area contributed by atoms with Gasteiger partial charge in [-0.3, -0.25) is 4.98 Å². The third kappa shape index (κ3) is 7.58. The highest BCUT2D eigenvalue weighted by atomic mass is 19.1. The smallest absolute Gasteiger partial charge is 0.232 e. The van der Waals surface area contributed by atoms with Crippen molar-refractivity contribution in [3.63, 3.8) is 0 Å². The van der Waals surface area contributed by atoms with Crippen molar-refractivity contribution in [2.24, 2.45) is 5.41 Å². The molecule has 2 aromatic heterocycles. The minimum Gasteiger partial charge on any atom is -0.475 e. The molecule has 4 rings (SSSR count). The SMILES string of the molecule is N#CC1(COc2cncc(-c3cc(N)ncc3F)n2)CCOCC1.OCCNC1CCCCC1. The Hall–Kier alpha value is -2.87. The van der Waals surface area contributed by atoms with Gasteiger partial charge in [0, 0.05) is 31.4 Å². The summed E-state index contributed by atoms with van der Waals surface area (Å²) < 4.78 is 24.8. The van der Waals surface area contributed by atoms with Crippen molar-refractivity contribution < 1.29 is 19.0 Å². The highest BCUT2D eigenvalue weighted by molar-refractivity contribution is 5.62. The Labute approximate surface area is 199 Å². The van der Waals surface area contributed by atoms with Gasteiger partial charge in [0.25, 0.3) is 0 Å². The fourth-order valence-electron chi connectivity index (χ4n) is 4.04. The molecule has 1 aliphatic carbocycles. The van der Waals surface area contributed by atoms with E-state index in [-0.39, 0.29) is 36.2 Å². The third-order valence-electron chi connectivity index (χ3n) is 6.10. The number of nitriles is 1. The van der Waals surface area contributed by atoms with Gasteiger partial charge in [-0.1, -0.05) is 19.3 Å². The van der Waals surface area contributed by atoms with Crippen molar-refractivity contribution in [2.75, 3.05) is 38.7 Å². The molecule has 0 bridgehead atoms. The second kappa shape index (κ2) is 13.1. The first kappa shape index (κ1) is 25.7. The fourth-order valence-corrected chi connectivity index (χ4v) is 4.04. The molecular weight excluding hydrogens is 439 g/mol. The summed E-state index contributed by atoms with van der Waals surface area (Å²) in [6.07, 6.45) is 11.8. The van der Waals surface area contributed by atoms with E-state index in [4.69, 9.17) is 20.3 Å². The molecule has 10 heteroatoms. The zero-order chi connectivity index (χ0) is 24.2. The molecule has 4 N–H and O–H groups in total. The molecule has 3 heterocycles. The van der Waals surface area contributed by atoms with E-state index in [9.17, 15) is 9.65 Å². The number of nitrogens with one attached hydrogen (secondary N) is 1. The standard InChI is InChI=1S/C16H16FN5O2.C8H17NO/c17-12-6-21-14(19)5-11(12)13-7-20-8-15(22-13)24-10-16(9-18)1-3-23-4-2-16;10-7-6-9-8-4-2-1-3-5-8/h5-8H,1-4,10H2,(H2,19,21);8-10H,1-7H2. The van der Waals surface area contributed by atoms with E-state index in [0.717, 1.165) is 12.7 Å². The maximum atomic E-state index is 13.9. The number of pyridine rings is 1. The van der Waals surface area contributed by atoms with E-state index in [1.54, 1.807) is 0 Å². The average Bonchev–Trinajstić information content (AvgIpc) is 2.89. The van der Waals surface area contributed by atoms with Gasteiger partial charge in [0.1, 0.15) is 12.4 Å². The number of hydrogen-bond acceptors (Lipinski definition) is 9. The lowest BCUT2D eigenvalue weighted by molar-refractivity contribution is 0.0182. The summed E-state index contributed by atoms with van der Waals surface area (Å²) >= 11 is 0. The highest BCUT2D eigenvalue weighted by Gasteiger charge is 2.34. The maximum Gasteiger partial charge on any atom is 0.232 e. The Bertz CT molecular complexity index is 943. The number of aliphatic hydroxyl groups excluding tert-OH is 1. The Morgan fingerprint density at radius 1 is 1.24 bits per heavy atom. The Kier molecular flexibility index (Phi) is 9.94. The van der Waals surface area contributed by atoms with Gasteiger partial charge in [0.05, 0.1) is 42.4 Å². The average molecular weight is 473 g/mol. The van der Waals surface area contributed by atoms with Crippen LogP contribution in [0.25, 0.3) is 11.3 Å². The van der Waals surface area contributed by atoms with Gasteiger partial charge in [-0.2, -0.15) is 5.26 Å². The predicted octanol–water partition coefficient (Wildman–Crippen LogP) is 2.86. The van der Waals surface area contributed by atoms with Crippen LogP contribution in [0, 0.1) is 22.6 Å². The molecule has 0 spiro atoms. The number of rotatable bonds is 7. The summed E-state index contributed by atoms with van der Waals surface area (Å²) in [7, 11) is 0. The summed E-state index contributed by atoms with van der Waals surface area (Å²) in [5.74, 6) is -0.137. The van der Waals surface area contributed by atoms with Gasteiger partial charge in [0.15, 0.2) is 5.82 Å². The third-order valence-corrected chi connectivity index (χ3v) is 6.10. The van der Waals surface area contributed by atoms with Gasteiger partial charge < -0.3 is 25.6 Å². The molecule has 2 aliphatic rings. The van der Waals surface area contributed by atoms with Crippen LogP contribution in [0.2, 0.25) is 0 Å². The molecule has 2 aromatic rings. The number of aliphatic hydroxyl groups is 1. The summed E-state index contributed by atoms with van der Waals surface area (Å²) in [5, 5.41) is 21.3. The number of nitrogens with zero attached hydrogens (tertiary/aromatic N) is 4. The summed E-state index contributed by atoms with van der Waals surface area (Å²) in [5.41, 5.74) is 5.48. The summed E-state index contributed by atoms with van der Waals surface area (Å²) in [6, 6.07) is 4.40. The zero-order valence-electron chi connectivity index (χ0n) is 19.4. The molecule has 1 saturated heterocycles. The van der Waals surface area contributed by atoms with E-state index in [1.165, 1.54) is 50.6 Å². The van der Waals surface area contributed by atoms with Crippen LogP contribution < -0.4 is 15.8 Å². The predicted molar refractivity (Wildman–Crippen MR) is 125 cm³/mol. The molecule has 0 amide bonds. The van der Waals surface area contributed by atoms with Crippen LogP contribution in [0.15, 0.2) is 24.7 Å². The van der Waals surface area contributed by atoms with Crippen LogP contribution in [0.5, 0.6) is 5.88 Å². The van der Waals surface area contributed by atoms with E-state index in [0.29, 0.717) is 32.1 Å². The largest absolute Gasteiger partial charge is 0.475 e. The van der Waals surface area contributed by atoms with Crippen molar-refractivity contribution in [1.29, 1.82) is 5.26 Å². The van der Waals surface area contributed by atoms with E-state index < -0.39 is 11.2 Å². The number of aromatic nitrogens is 3. The normalized spacial score (nSPS) is 17.8. The lowest BCUT2D eigenvalue weighted by Gasteiger charge is -2.29. The molecule has 34 heavy (non-hydrogen) atoms. The monoisotopic (exact) mass is 472 g/mol. The topological polar surface area (TPSA) is 139 Å². The molecule has 0 radical (unpaired) electrons. The number of ether oxygens (including phenoxy) is 2. The Morgan fingerprint density at radius 2 is 2.00 bits per heavy atom. The molecule has 2 fully saturated rings.